The molecule has 0 atom stereocenters. The Kier molecular flexibility index (Phi) is 21.7. The van der Waals surface area contributed by atoms with E-state index in [-0.39, 0.29) is 0 Å². The molecule has 20 nitrogen and oxygen atoms in total. The molecule has 0 aliphatic carbocycles. The normalized spacial score (nSPS) is 12.1. The number of aromatic nitrogens is 15. The van der Waals surface area contributed by atoms with Gasteiger partial charge in [-0.25, -0.2) is 49.8 Å². The molecule has 0 fully saturated rings. The van der Waals surface area contributed by atoms with Gasteiger partial charge >= 0.3 is 0 Å². The van der Waals surface area contributed by atoms with Crippen LogP contribution >= 0.6 is 0 Å². The second-order valence-corrected chi connectivity index (χ2v) is 35.1. The van der Waals surface area contributed by atoms with Crippen LogP contribution in [0, 0.1) is 0 Å². The van der Waals surface area contributed by atoms with E-state index in [0.717, 1.165) is 214 Å². The fourth-order valence-electron chi connectivity index (χ4n) is 20.5. The summed E-state index contributed by atoms with van der Waals surface area (Å²) in [4.78, 5) is 79.8. The SMILES string of the molecule is c1ccc(N2c3ccccc3-c3cc(-c4ccccn4)cc4ncnc2c34)cc1.c1ccc(N2c3ccccc3-c3cc(-c4cccnc4)cc4ncnc2c34)cc1.c1ccc(N2c3ccccc3-c3nc(-c4cccnc4)nc4cccc2c34)cc1.c1ccc(N2c3cncnc3-c3cc(-c4ccccn4)cc4cccc2c34)cc1.c1ccc(N2c3ncncc3-c3cc(-c4ccccn4)cc4cccc2c34)cc1. The van der Waals surface area contributed by atoms with Crippen molar-refractivity contribution >= 4 is 140 Å². The number of pyridine rings is 5. The first-order valence-electron chi connectivity index (χ1n) is 47.7. The molecule has 0 saturated carbocycles. The molecule has 0 amide bonds. The molecule has 680 valence electrons. The predicted molar refractivity (Wildman–Crippen MR) is 582 cm³/mol. The topological polar surface area (TPSA) is 210 Å². The van der Waals surface area contributed by atoms with Crippen molar-refractivity contribution in [1.29, 1.82) is 0 Å². The van der Waals surface area contributed by atoms with Gasteiger partial charge in [0, 0.05) is 144 Å². The lowest BCUT2D eigenvalue weighted by Crippen LogP contribution is -2.16. The molecule has 0 saturated heterocycles. The number of hydrogen-bond donors (Lipinski definition) is 0. The van der Waals surface area contributed by atoms with Crippen LogP contribution in [0.25, 0.3) is 166 Å². The standard InChI is InChI=1S/5C25H16N4/c1-2-9-18(10-3-1)29-21-13-5-4-11-19(21)24-23-20(12-6-14-22(23)29)27-25(28-24)17-8-7-15-26-16-17;1-2-8-19(9-3-1)29-23-11-6-7-17-13-18(22-10-4-5-12-27-22)14-20(24(17)23)21-15-26-16-28-25(21)29;1-2-8-19(9-3-1)29-22-11-6-7-17-13-18(21-10-4-5-12-27-21)14-20(24(17)22)25-23(29)15-26-16-28-25;1-2-8-18(9-3-1)29-23-12-5-4-10-19(23)20-14-17(21-11-6-7-13-26-21)15-22-24(20)25(29)28-16-27-22;1-2-8-19(9-3-1)29-23-11-5-4-10-20(23)21-13-18(17-7-6-12-26-15-17)14-22-24(21)25(29)28-16-27-22/h5*1-16H. The summed E-state index contributed by atoms with van der Waals surface area (Å²) in [5.74, 6) is 3.40. The number of fused-ring (bicyclic) bond motifs is 10. The van der Waals surface area contributed by atoms with Gasteiger partial charge < -0.3 is 9.80 Å². The molecular formula is C125H80N20. The van der Waals surface area contributed by atoms with Crippen molar-refractivity contribution < 1.29 is 0 Å². The molecule has 0 N–H and O–H groups in total. The molecular weight excluding hydrogens is 1780 g/mol. The highest BCUT2D eigenvalue weighted by molar-refractivity contribution is 6.19. The highest BCUT2D eigenvalue weighted by Gasteiger charge is 2.35. The van der Waals surface area contributed by atoms with Crippen LogP contribution in [0.2, 0.25) is 0 Å². The van der Waals surface area contributed by atoms with Gasteiger partial charge in [0.25, 0.3) is 0 Å². The largest absolute Gasteiger partial charge is 0.309 e. The van der Waals surface area contributed by atoms with Crippen LogP contribution in [-0.2, 0) is 0 Å². The molecule has 145 heavy (non-hydrogen) atoms. The Labute approximate surface area is 833 Å². The number of nitrogens with zero attached hydrogens (tertiary/aromatic N) is 20. The van der Waals surface area contributed by atoms with E-state index in [9.17, 15) is 0 Å². The Morgan fingerprint density at radius 3 is 1.08 bits per heavy atom. The molecule has 30 rings (SSSR count). The Hall–Kier alpha value is -20.2. The van der Waals surface area contributed by atoms with Crippen molar-refractivity contribution in [1.82, 2.24) is 74.8 Å². The van der Waals surface area contributed by atoms with E-state index in [0.29, 0.717) is 5.82 Å². The van der Waals surface area contributed by atoms with Gasteiger partial charge in [-0.1, -0.05) is 200 Å². The van der Waals surface area contributed by atoms with Crippen molar-refractivity contribution in [2.24, 2.45) is 0 Å². The minimum atomic E-state index is 0.695. The number of para-hydroxylation sites is 8. The summed E-state index contributed by atoms with van der Waals surface area (Å²) in [5, 5.41) is 7.96. The zero-order valence-electron chi connectivity index (χ0n) is 77.6. The van der Waals surface area contributed by atoms with Crippen LogP contribution in [0.3, 0.4) is 0 Å². The third-order valence-electron chi connectivity index (χ3n) is 26.7. The smallest absolute Gasteiger partial charge is 0.161 e. The predicted octanol–water partition coefficient (Wildman–Crippen LogP) is 30.7. The molecule has 15 aromatic carbocycles. The van der Waals surface area contributed by atoms with Gasteiger partial charge in [-0.15, -0.1) is 0 Å². The summed E-state index contributed by atoms with van der Waals surface area (Å²) in [6.45, 7) is 0. The maximum absolute atomic E-state index is 4.99. The minimum Gasteiger partial charge on any atom is -0.309 e. The molecule has 0 radical (unpaired) electrons. The highest BCUT2D eigenvalue weighted by Crippen LogP contribution is 2.57. The number of hydrogen-bond acceptors (Lipinski definition) is 20. The second-order valence-electron chi connectivity index (χ2n) is 35.1. The van der Waals surface area contributed by atoms with Gasteiger partial charge in [0.2, 0.25) is 0 Å². The van der Waals surface area contributed by atoms with E-state index < -0.39 is 0 Å². The van der Waals surface area contributed by atoms with Gasteiger partial charge in [0.05, 0.1) is 107 Å². The van der Waals surface area contributed by atoms with Gasteiger partial charge in [0.15, 0.2) is 5.82 Å². The molecule has 0 bridgehead atoms. The molecule has 10 aromatic heterocycles. The van der Waals surface area contributed by atoms with Gasteiger partial charge in [-0.05, 0) is 239 Å². The fraction of sp³-hybridized carbons (Fsp3) is 0. The average Bonchev–Trinajstić information content (AvgIpc) is 0.741. The van der Waals surface area contributed by atoms with Crippen molar-refractivity contribution in [3.63, 3.8) is 0 Å². The fourth-order valence-corrected chi connectivity index (χ4v) is 20.5. The molecule has 25 aromatic rings. The van der Waals surface area contributed by atoms with Crippen LogP contribution in [0.15, 0.2) is 488 Å². The quantitative estimate of drug-likeness (QED) is 0.125. The van der Waals surface area contributed by atoms with Gasteiger partial charge in [-0.3, -0.25) is 39.6 Å². The van der Waals surface area contributed by atoms with Crippen LogP contribution in [-0.4, -0.2) is 74.8 Å². The molecule has 0 spiro atoms. The van der Waals surface area contributed by atoms with E-state index in [4.69, 9.17) is 19.9 Å². The summed E-state index contributed by atoms with van der Waals surface area (Å²) in [5.41, 5.74) is 36.1. The Morgan fingerprint density at radius 2 is 0.566 bits per heavy atom. The zero-order valence-corrected chi connectivity index (χ0v) is 77.6. The first-order valence-corrected chi connectivity index (χ1v) is 47.7. The number of anilines is 15. The Balaban J connectivity index is 0.0000000923. The molecule has 5 aliphatic heterocycles. The van der Waals surface area contributed by atoms with Crippen molar-refractivity contribution in [3.8, 4) is 112 Å². The van der Waals surface area contributed by atoms with E-state index in [2.05, 4.69) is 383 Å². The van der Waals surface area contributed by atoms with Crippen molar-refractivity contribution in [3.05, 3.63) is 488 Å². The molecule has 5 aliphatic rings. The minimum absolute atomic E-state index is 0.695. The summed E-state index contributed by atoms with van der Waals surface area (Å²) >= 11 is 0. The molecule has 15 heterocycles. The van der Waals surface area contributed by atoms with E-state index in [1.807, 2.05) is 147 Å². The second kappa shape index (κ2) is 36.9. The number of rotatable bonds is 10. The van der Waals surface area contributed by atoms with E-state index >= 15 is 0 Å². The van der Waals surface area contributed by atoms with Crippen molar-refractivity contribution in [2.75, 3.05) is 24.5 Å². The monoisotopic (exact) mass is 1860 g/mol. The van der Waals surface area contributed by atoms with Crippen LogP contribution in [0.1, 0.15) is 0 Å². The molecule has 0 unspecified atom stereocenters. The average molecular weight is 1860 g/mol. The van der Waals surface area contributed by atoms with Crippen LogP contribution in [0.4, 0.5) is 85.7 Å². The number of benzene rings is 15. The third-order valence-corrected chi connectivity index (χ3v) is 26.7. The molecule has 20 heteroatoms. The summed E-state index contributed by atoms with van der Waals surface area (Å²) < 4.78 is 0. The van der Waals surface area contributed by atoms with Crippen LogP contribution in [0.5, 0.6) is 0 Å². The lowest BCUT2D eigenvalue weighted by Gasteiger charge is -2.32. The summed E-state index contributed by atoms with van der Waals surface area (Å²) in [6, 6.07) is 140. The first-order chi connectivity index (χ1) is 72.0. The lowest BCUT2D eigenvalue weighted by molar-refractivity contribution is 1.11. The van der Waals surface area contributed by atoms with Gasteiger partial charge in [-0.2, -0.15) is 0 Å². The third kappa shape index (κ3) is 15.4. The van der Waals surface area contributed by atoms with Crippen molar-refractivity contribution in [2.45, 2.75) is 0 Å². The summed E-state index contributed by atoms with van der Waals surface area (Å²) in [6.07, 6.45) is 23.1. The summed E-state index contributed by atoms with van der Waals surface area (Å²) in [7, 11) is 0. The van der Waals surface area contributed by atoms with E-state index in [1.165, 1.54) is 32.7 Å². The van der Waals surface area contributed by atoms with Crippen LogP contribution < -0.4 is 24.5 Å². The lowest BCUT2D eigenvalue weighted by atomic mass is 9.91. The van der Waals surface area contributed by atoms with Gasteiger partial charge in [0.1, 0.15) is 42.8 Å². The highest BCUT2D eigenvalue weighted by atomic mass is 15.2. The Bertz CT molecular complexity index is 7980. The maximum atomic E-state index is 4.99. The maximum Gasteiger partial charge on any atom is 0.161 e. The Morgan fingerprint density at radius 1 is 0.172 bits per heavy atom. The van der Waals surface area contributed by atoms with E-state index in [1.54, 1.807) is 37.7 Å². The first kappa shape index (κ1) is 85.2. The zero-order chi connectivity index (χ0) is 96.0.